The minimum atomic E-state index is -1.79. The van der Waals surface area contributed by atoms with E-state index in [2.05, 4.69) is 14.7 Å². The minimum absolute atomic E-state index is 0.122. The molecule has 0 radical (unpaired) electrons. The zero-order valence-corrected chi connectivity index (χ0v) is 18.5. The standard InChI is InChI=1S/C16H27NO15S/c1-5(19)17-7-11(10(30-33-32-31-24)6(4-18)27-15(7)26-3)28-16-9(21)8(20)12(25-2)13(29-16)14(22)23/h6-13,15-16,18,20-21,24H,4H2,1-3H3,(H,17,19)(H,22,23)/t6?,7?,8-,9?,10+,11-,12+,13?,15-,16-/m1/s1. The van der Waals surface area contributed by atoms with Crippen LogP contribution in [0.5, 0.6) is 0 Å². The lowest BCUT2D eigenvalue weighted by atomic mass is 9.95. The van der Waals surface area contributed by atoms with Crippen LogP contribution in [-0.2, 0) is 46.8 Å². The van der Waals surface area contributed by atoms with E-state index in [4.69, 9.17) is 33.1 Å². The van der Waals surface area contributed by atoms with Crippen molar-refractivity contribution >= 4 is 24.2 Å². The lowest BCUT2D eigenvalue weighted by Crippen LogP contribution is -2.68. The van der Waals surface area contributed by atoms with Crippen LogP contribution in [0.15, 0.2) is 0 Å². The Labute approximate surface area is 191 Å². The second-order valence-corrected chi connectivity index (χ2v) is 7.47. The van der Waals surface area contributed by atoms with Gasteiger partial charge in [-0.05, 0) is 0 Å². The summed E-state index contributed by atoms with van der Waals surface area (Å²) in [5.41, 5.74) is 0. The van der Waals surface area contributed by atoms with Gasteiger partial charge in [-0.2, -0.15) is 0 Å². The summed E-state index contributed by atoms with van der Waals surface area (Å²) in [5, 5.41) is 54.3. The zero-order valence-electron chi connectivity index (χ0n) is 17.7. The van der Waals surface area contributed by atoms with Gasteiger partial charge in [0.05, 0.1) is 6.61 Å². The Morgan fingerprint density at radius 3 is 2.24 bits per heavy atom. The first-order chi connectivity index (χ1) is 15.7. The third-order valence-corrected chi connectivity index (χ3v) is 5.41. The van der Waals surface area contributed by atoms with E-state index in [1.54, 1.807) is 0 Å². The number of hydrogen-bond acceptors (Lipinski definition) is 15. The lowest BCUT2D eigenvalue weighted by molar-refractivity contribution is -0.435. The maximum Gasteiger partial charge on any atom is 0.335 e. The second-order valence-electron chi connectivity index (χ2n) is 7.00. The molecule has 1 amide bonds. The maximum atomic E-state index is 11.8. The molecule has 33 heavy (non-hydrogen) atoms. The molecular formula is C16H27NO15S. The molecule has 6 N–H and O–H groups in total. The van der Waals surface area contributed by atoms with Crippen LogP contribution < -0.4 is 5.32 Å². The Kier molecular flexibility index (Phi) is 11.1. The van der Waals surface area contributed by atoms with Crippen molar-refractivity contribution in [3.8, 4) is 0 Å². The van der Waals surface area contributed by atoms with Crippen LogP contribution >= 0.6 is 12.3 Å². The number of aliphatic hydroxyl groups is 3. The summed E-state index contributed by atoms with van der Waals surface area (Å²) in [7, 11) is 2.38. The van der Waals surface area contributed by atoms with Gasteiger partial charge in [-0.25, -0.2) is 10.1 Å². The van der Waals surface area contributed by atoms with E-state index >= 15 is 0 Å². The Bertz CT molecular complexity index is 643. The number of ether oxygens (including phenoxy) is 5. The minimum Gasteiger partial charge on any atom is -0.479 e. The van der Waals surface area contributed by atoms with Crippen LogP contribution in [-0.4, -0.2) is 120 Å². The normalized spacial score (nSPS) is 39.2. The first kappa shape index (κ1) is 28.1. The molecule has 0 aromatic heterocycles. The van der Waals surface area contributed by atoms with Crippen molar-refractivity contribution in [2.45, 2.75) is 68.3 Å². The summed E-state index contributed by atoms with van der Waals surface area (Å²) in [6, 6.07) is -1.15. The van der Waals surface area contributed by atoms with Crippen LogP contribution in [0.3, 0.4) is 0 Å². The Morgan fingerprint density at radius 2 is 1.73 bits per heavy atom. The molecular weight excluding hydrogens is 478 g/mol. The molecule has 2 aliphatic rings. The molecule has 2 saturated heterocycles. The number of carbonyl (C=O) groups excluding carboxylic acids is 1. The van der Waals surface area contributed by atoms with E-state index in [9.17, 15) is 30.0 Å². The van der Waals surface area contributed by atoms with Crippen molar-refractivity contribution in [1.29, 1.82) is 0 Å². The molecule has 16 nitrogen and oxygen atoms in total. The fourth-order valence-corrected chi connectivity index (χ4v) is 3.94. The first-order valence-electron chi connectivity index (χ1n) is 9.49. The van der Waals surface area contributed by atoms with Gasteiger partial charge >= 0.3 is 5.97 Å². The summed E-state index contributed by atoms with van der Waals surface area (Å²) < 4.78 is 36.3. The smallest absolute Gasteiger partial charge is 0.335 e. The highest BCUT2D eigenvalue weighted by molar-refractivity contribution is 7.89. The summed E-state index contributed by atoms with van der Waals surface area (Å²) in [6.07, 6.45) is -13.4. The number of carboxylic acids is 1. The highest BCUT2D eigenvalue weighted by Gasteiger charge is 2.54. The summed E-state index contributed by atoms with van der Waals surface area (Å²) >= 11 is 0.122. The molecule has 17 heteroatoms. The highest BCUT2D eigenvalue weighted by Crippen LogP contribution is 2.33. The Morgan fingerprint density at radius 1 is 1.03 bits per heavy atom. The van der Waals surface area contributed by atoms with E-state index in [0.29, 0.717) is 0 Å². The molecule has 10 atom stereocenters. The molecule has 192 valence electrons. The van der Waals surface area contributed by atoms with E-state index in [1.807, 2.05) is 0 Å². The fourth-order valence-electron chi connectivity index (χ4n) is 3.56. The molecule has 0 spiro atoms. The number of amides is 1. The molecule has 0 aromatic rings. The average Bonchev–Trinajstić information content (AvgIpc) is 2.78. The van der Waals surface area contributed by atoms with E-state index in [0.717, 1.165) is 7.11 Å². The van der Waals surface area contributed by atoms with Crippen molar-refractivity contribution in [2.75, 3.05) is 20.8 Å². The van der Waals surface area contributed by atoms with Crippen molar-refractivity contribution in [2.24, 2.45) is 0 Å². The zero-order chi connectivity index (χ0) is 24.7. The number of nitrogens with one attached hydrogen (secondary N) is 1. The van der Waals surface area contributed by atoms with Gasteiger partial charge < -0.3 is 49.4 Å². The third-order valence-electron chi connectivity index (χ3n) is 4.99. The van der Waals surface area contributed by atoms with Crippen LogP contribution in [0.2, 0.25) is 0 Å². The van der Waals surface area contributed by atoms with Gasteiger partial charge in [-0.15, -0.1) is 4.33 Å². The molecule has 2 rings (SSSR count). The molecule has 2 fully saturated rings. The Balaban J connectivity index is 2.38. The average molecular weight is 505 g/mol. The topological polar surface area (TPSA) is 221 Å². The summed E-state index contributed by atoms with van der Waals surface area (Å²) in [4.78, 5) is 23.4. The van der Waals surface area contributed by atoms with Crippen molar-refractivity contribution in [1.82, 2.24) is 5.32 Å². The molecule has 0 saturated carbocycles. The van der Waals surface area contributed by atoms with Crippen LogP contribution in [0, 0.1) is 0 Å². The summed E-state index contributed by atoms with van der Waals surface area (Å²) in [5.74, 6) is -2.04. The number of rotatable bonds is 11. The largest absolute Gasteiger partial charge is 0.479 e. The molecule has 0 aromatic carbocycles. The molecule has 0 bridgehead atoms. The van der Waals surface area contributed by atoms with Gasteiger partial charge in [0, 0.05) is 21.1 Å². The van der Waals surface area contributed by atoms with Crippen LogP contribution in [0.25, 0.3) is 0 Å². The predicted octanol–water partition coefficient (Wildman–Crippen LogP) is -2.84. The van der Waals surface area contributed by atoms with Crippen molar-refractivity contribution < 1.29 is 72.5 Å². The molecule has 0 aliphatic carbocycles. The van der Waals surface area contributed by atoms with Gasteiger partial charge in [-0.1, -0.05) is 5.04 Å². The van der Waals surface area contributed by atoms with Gasteiger partial charge in [0.2, 0.25) is 5.91 Å². The van der Waals surface area contributed by atoms with Gasteiger partial charge in [0.1, 0.15) is 42.7 Å². The van der Waals surface area contributed by atoms with E-state index < -0.39 is 79.8 Å². The van der Waals surface area contributed by atoms with Crippen LogP contribution in [0.4, 0.5) is 0 Å². The first-order valence-corrected chi connectivity index (χ1v) is 10.2. The van der Waals surface area contributed by atoms with Crippen molar-refractivity contribution in [3.63, 3.8) is 0 Å². The van der Waals surface area contributed by atoms with Gasteiger partial charge in [-0.3, -0.25) is 8.98 Å². The molecule has 2 heterocycles. The Hall–Kier alpha value is -1.19. The molecule has 2 aliphatic heterocycles. The SMILES string of the molecule is CO[C@@H]1OC(CO)[C@H](OSOOO)[C@H](O[C@@H]2OC(C(=O)O)[C@@H](OC)[C@H](O)C2O)C1NC(C)=O. The predicted molar refractivity (Wildman–Crippen MR) is 102 cm³/mol. The third kappa shape index (κ3) is 6.69. The number of methoxy groups -OCH3 is 2. The number of aliphatic hydroxyl groups excluding tert-OH is 3. The van der Waals surface area contributed by atoms with Crippen LogP contribution in [0.1, 0.15) is 6.92 Å². The monoisotopic (exact) mass is 505 g/mol. The lowest BCUT2D eigenvalue weighted by Gasteiger charge is -2.47. The van der Waals surface area contributed by atoms with E-state index in [1.165, 1.54) is 14.0 Å². The van der Waals surface area contributed by atoms with Crippen molar-refractivity contribution in [3.05, 3.63) is 0 Å². The number of hydrogen-bond donors (Lipinski definition) is 6. The van der Waals surface area contributed by atoms with Gasteiger partial charge in [0.15, 0.2) is 31.0 Å². The number of carbonyl (C=O) groups is 2. The van der Waals surface area contributed by atoms with E-state index in [-0.39, 0.29) is 12.3 Å². The van der Waals surface area contributed by atoms with Gasteiger partial charge in [0.25, 0.3) is 0 Å². The molecule has 4 unspecified atom stereocenters. The second kappa shape index (κ2) is 13.0. The summed E-state index contributed by atoms with van der Waals surface area (Å²) in [6.45, 7) is 0.548. The fraction of sp³-hybridized carbons (Fsp3) is 0.875. The maximum absolute atomic E-state index is 11.8. The number of aliphatic carboxylic acids is 1. The highest BCUT2D eigenvalue weighted by atomic mass is 32.2. The quantitative estimate of drug-likeness (QED) is 0.0720. The number of carboxylic acid groups (broad SMARTS) is 1.